The highest BCUT2D eigenvalue weighted by atomic mass is 16.2. The van der Waals surface area contributed by atoms with Crippen LogP contribution in [-0.2, 0) is 4.79 Å². The average Bonchev–Trinajstić information content (AvgIpc) is 2.98. The molecule has 2 aromatic rings. The number of nitrogens with zero attached hydrogens (tertiary/aromatic N) is 1. The van der Waals surface area contributed by atoms with Crippen molar-refractivity contribution in [2.75, 3.05) is 11.9 Å². The molecule has 1 aliphatic carbocycles. The summed E-state index contributed by atoms with van der Waals surface area (Å²) in [5.74, 6) is 0.0376. The number of fused-ring (bicyclic) bond motifs is 1. The van der Waals surface area contributed by atoms with Gasteiger partial charge < -0.3 is 11.1 Å². The summed E-state index contributed by atoms with van der Waals surface area (Å²) in [4.78, 5) is 17.0. The number of carbonyl (C=O) groups is 1. The van der Waals surface area contributed by atoms with Crippen molar-refractivity contribution in [2.45, 2.75) is 25.7 Å². The maximum absolute atomic E-state index is 12.6. The van der Waals surface area contributed by atoms with Crippen LogP contribution in [0.4, 0.5) is 5.69 Å². The van der Waals surface area contributed by atoms with Gasteiger partial charge in [-0.3, -0.25) is 9.78 Å². The van der Waals surface area contributed by atoms with Gasteiger partial charge in [0.25, 0.3) is 0 Å². The van der Waals surface area contributed by atoms with E-state index in [1.165, 1.54) is 0 Å². The van der Waals surface area contributed by atoms with Gasteiger partial charge in [-0.1, -0.05) is 31.0 Å². The highest BCUT2D eigenvalue weighted by Gasteiger charge is 2.39. The van der Waals surface area contributed by atoms with Crippen LogP contribution in [0.25, 0.3) is 10.9 Å². The first kappa shape index (κ1) is 13.1. The van der Waals surface area contributed by atoms with E-state index in [-0.39, 0.29) is 5.91 Å². The first-order chi connectivity index (χ1) is 9.75. The number of hydrogen-bond donors (Lipinski definition) is 2. The lowest BCUT2D eigenvalue weighted by molar-refractivity contribution is -0.124. The molecule has 0 unspecified atom stereocenters. The number of rotatable bonds is 3. The molecule has 1 aromatic carbocycles. The molecule has 0 aliphatic heterocycles. The Bertz CT molecular complexity index is 627. The second-order valence-corrected chi connectivity index (χ2v) is 5.53. The molecule has 0 bridgehead atoms. The van der Waals surface area contributed by atoms with Crippen LogP contribution in [0.1, 0.15) is 25.7 Å². The quantitative estimate of drug-likeness (QED) is 0.900. The maximum atomic E-state index is 12.6. The zero-order valence-electron chi connectivity index (χ0n) is 11.4. The number of hydrogen-bond acceptors (Lipinski definition) is 3. The van der Waals surface area contributed by atoms with Crippen molar-refractivity contribution in [3.05, 3.63) is 36.5 Å². The molecule has 0 spiro atoms. The molecular weight excluding hydrogens is 250 g/mol. The van der Waals surface area contributed by atoms with Gasteiger partial charge in [0.05, 0.1) is 16.6 Å². The third-order valence-corrected chi connectivity index (χ3v) is 4.31. The Balaban J connectivity index is 1.91. The predicted octanol–water partition coefficient (Wildman–Crippen LogP) is 2.69. The molecule has 20 heavy (non-hydrogen) atoms. The topological polar surface area (TPSA) is 68.0 Å². The SMILES string of the molecule is NCC1(C(=O)Nc2cccc3cccnc23)CCCC1. The van der Waals surface area contributed by atoms with E-state index in [9.17, 15) is 4.79 Å². The molecule has 1 fully saturated rings. The van der Waals surface area contributed by atoms with E-state index in [2.05, 4.69) is 10.3 Å². The lowest BCUT2D eigenvalue weighted by Crippen LogP contribution is -2.40. The van der Waals surface area contributed by atoms with E-state index in [0.29, 0.717) is 6.54 Å². The normalized spacial score (nSPS) is 17.2. The summed E-state index contributed by atoms with van der Waals surface area (Å²) < 4.78 is 0. The van der Waals surface area contributed by atoms with E-state index < -0.39 is 5.41 Å². The number of carbonyl (C=O) groups excluding carboxylic acids is 1. The van der Waals surface area contributed by atoms with Crippen molar-refractivity contribution < 1.29 is 4.79 Å². The fraction of sp³-hybridized carbons (Fsp3) is 0.375. The molecule has 1 aromatic heterocycles. The van der Waals surface area contributed by atoms with E-state index in [1.807, 2.05) is 30.3 Å². The molecule has 4 nitrogen and oxygen atoms in total. The van der Waals surface area contributed by atoms with Gasteiger partial charge in [0.1, 0.15) is 0 Å². The van der Waals surface area contributed by atoms with Crippen LogP contribution < -0.4 is 11.1 Å². The first-order valence-corrected chi connectivity index (χ1v) is 7.10. The van der Waals surface area contributed by atoms with Crippen LogP contribution in [0.3, 0.4) is 0 Å². The summed E-state index contributed by atoms with van der Waals surface area (Å²) in [6, 6.07) is 9.71. The highest BCUT2D eigenvalue weighted by molar-refractivity contribution is 6.02. The third-order valence-electron chi connectivity index (χ3n) is 4.31. The minimum atomic E-state index is -0.392. The van der Waals surface area contributed by atoms with Gasteiger partial charge in [-0.2, -0.15) is 0 Å². The van der Waals surface area contributed by atoms with E-state index in [0.717, 1.165) is 42.3 Å². The number of nitrogens with one attached hydrogen (secondary N) is 1. The second kappa shape index (κ2) is 5.21. The zero-order valence-corrected chi connectivity index (χ0v) is 11.4. The van der Waals surface area contributed by atoms with Gasteiger partial charge in [0, 0.05) is 18.1 Å². The number of aromatic nitrogens is 1. The van der Waals surface area contributed by atoms with Gasteiger partial charge >= 0.3 is 0 Å². The van der Waals surface area contributed by atoms with Crippen LogP contribution in [-0.4, -0.2) is 17.4 Å². The summed E-state index contributed by atoms with van der Waals surface area (Å²) in [5, 5.41) is 4.06. The summed E-state index contributed by atoms with van der Waals surface area (Å²) >= 11 is 0. The lowest BCUT2D eigenvalue weighted by atomic mass is 9.85. The number of benzene rings is 1. The highest BCUT2D eigenvalue weighted by Crippen LogP contribution is 2.38. The van der Waals surface area contributed by atoms with Crippen molar-refractivity contribution in [2.24, 2.45) is 11.1 Å². The molecule has 0 radical (unpaired) electrons. The summed E-state index contributed by atoms with van der Waals surface area (Å²) in [7, 11) is 0. The van der Waals surface area contributed by atoms with Crippen molar-refractivity contribution >= 4 is 22.5 Å². The average molecular weight is 269 g/mol. The zero-order chi connectivity index (χ0) is 14.0. The predicted molar refractivity (Wildman–Crippen MR) is 80.3 cm³/mol. The molecule has 4 heteroatoms. The molecule has 0 atom stereocenters. The van der Waals surface area contributed by atoms with Gasteiger partial charge in [-0.15, -0.1) is 0 Å². The Morgan fingerprint density at radius 1 is 1.25 bits per heavy atom. The summed E-state index contributed by atoms with van der Waals surface area (Å²) in [6.07, 6.45) is 5.67. The Labute approximate surface area is 118 Å². The number of nitrogens with two attached hydrogens (primary N) is 1. The van der Waals surface area contributed by atoms with Gasteiger partial charge in [-0.05, 0) is 25.0 Å². The minimum absolute atomic E-state index is 0.0376. The van der Waals surface area contributed by atoms with Crippen molar-refractivity contribution in [1.29, 1.82) is 0 Å². The lowest BCUT2D eigenvalue weighted by Gasteiger charge is -2.25. The Hall–Kier alpha value is -1.94. The minimum Gasteiger partial charge on any atom is -0.329 e. The Morgan fingerprint density at radius 3 is 2.75 bits per heavy atom. The van der Waals surface area contributed by atoms with E-state index in [4.69, 9.17) is 5.73 Å². The van der Waals surface area contributed by atoms with Crippen LogP contribution in [0.5, 0.6) is 0 Å². The molecule has 3 rings (SSSR count). The molecular formula is C16H19N3O. The van der Waals surface area contributed by atoms with Crippen molar-refractivity contribution in [1.82, 2.24) is 4.98 Å². The number of amides is 1. The van der Waals surface area contributed by atoms with Crippen LogP contribution >= 0.6 is 0 Å². The van der Waals surface area contributed by atoms with Crippen molar-refractivity contribution in [3.63, 3.8) is 0 Å². The summed E-state index contributed by atoms with van der Waals surface area (Å²) in [5.41, 5.74) is 7.07. The Kier molecular flexibility index (Phi) is 3.40. The number of anilines is 1. The molecule has 1 saturated carbocycles. The molecule has 1 aliphatic rings. The summed E-state index contributed by atoms with van der Waals surface area (Å²) in [6.45, 7) is 0.414. The molecule has 104 valence electrons. The molecule has 0 saturated heterocycles. The van der Waals surface area contributed by atoms with Gasteiger partial charge in [0.15, 0.2) is 0 Å². The molecule has 1 heterocycles. The van der Waals surface area contributed by atoms with E-state index >= 15 is 0 Å². The maximum Gasteiger partial charge on any atom is 0.231 e. The molecule has 3 N–H and O–H groups in total. The smallest absolute Gasteiger partial charge is 0.231 e. The molecule has 1 amide bonds. The second-order valence-electron chi connectivity index (χ2n) is 5.53. The first-order valence-electron chi connectivity index (χ1n) is 7.10. The Morgan fingerprint density at radius 2 is 2.00 bits per heavy atom. The largest absolute Gasteiger partial charge is 0.329 e. The van der Waals surface area contributed by atoms with Gasteiger partial charge in [-0.25, -0.2) is 0 Å². The fourth-order valence-electron chi connectivity index (χ4n) is 3.04. The van der Waals surface area contributed by atoms with Crippen molar-refractivity contribution in [3.8, 4) is 0 Å². The van der Waals surface area contributed by atoms with Crippen LogP contribution in [0.15, 0.2) is 36.5 Å². The van der Waals surface area contributed by atoms with Gasteiger partial charge in [0.2, 0.25) is 5.91 Å². The van der Waals surface area contributed by atoms with Crippen LogP contribution in [0, 0.1) is 5.41 Å². The number of pyridine rings is 1. The monoisotopic (exact) mass is 269 g/mol. The van der Waals surface area contributed by atoms with Crippen LogP contribution in [0.2, 0.25) is 0 Å². The fourth-order valence-corrected chi connectivity index (χ4v) is 3.04. The number of para-hydroxylation sites is 1. The van der Waals surface area contributed by atoms with E-state index in [1.54, 1.807) is 6.20 Å². The third kappa shape index (κ3) is 2.16. The standard InChI is InChI=1S/C16H19N3O/c17-11-16(8-1-2-9-16)15(20)19-13-7-3-5-12-6-4-10-18-14(12)13/h3-7,10H,1-2,8-9,11,17H2,(H,19,20).